The van der Waals surface area contributed by atoms with E-state index in [1.807, 2.05) is 13.8 Å². The molecule has 0 aromatic heterocycles. The Morgan fingerprint density at radius 2 is 2.00 bits per heavy atom. The third-order valence-electron chi connectivity index (χ3n) is 3.72. The molecule has 0 amide bonds. The number of fused-ring (bicyclic) bond motifs is 1. The van der Waals surface area contributed by atoms with Gasteiger partial charge in [0, 0.05) is 0 Å². The van der Waals surface area contributed by atoms with E-state index in [9.17, 15) is 0 Å². The third-order valence-corrected chi connectivity index (χ3v) is 3.72. The first kappa shape index (κ1) is 10.8. The van der Waals surface area contributed by atoms with Crippen LogP contribution in [0.2, 0.25) is 0 Å². The molecule has 0 aromatic rings. The summed E-state index contributed by atoms with van der Waals surface area (Å²) in [5, 5.41) is 0. The molecule has 0 aliphatic heterocycles. The fraction of sp³-hybridized carbons (Fsp3) is 0.846. The molecule has 2 aliphatic rings. The summed E-state index contributed by atoms with van der Waals surface area (Å²) in [6.07, 6.45) is 9.11. The second-order valence-electron chi connectivity index (χ2n) is 4.29. The van der Waals surface area contributed by atoms with Crippen molar-refractivity contribution in [1.82, 2.24) is 0 Å². The summed E-state index contributed by atoms with van der Waals surface area (Å²) < 4.78 is 0. The number of rotatable bonds is 1. The summed E-state index contributed by atoms with van der Waals surface area (Å²) in [5.41, 5.74) is 0. The van der Waals surface area contributed by atoms with Gasteiger partial charge in [0.1, 0.15) is 0 Å². The molecule has 0 N–H and O–H groups in total. The molecule has 0 nitrogen and oxygen atoms in total. The third kappa shape index (κ3) is 1.98. The van der Waals surface area contributed by atoms with Gasteiger partial charge in [-0.2, -0.15) is 0 Å². The predicted octanol–water partition coefficient (Wildman–Crippen LogP) is 4.27. The molecule has 76 valence electrons. The molecule has 0 bridgehead atoms. The average molecular weight is 180 g/mol. The molecule has 4 atom stereocenters. The normalized spacial score (nSPS) is 41.2. The fourth-order valence-corrected chi connectivity index (χ4v) is 3.09. The van der Waals surface area contributed by atoms with Crippen LogP contribution in [0.3, 0.4) is 0 Å². The van der Waals surface area contributed by atoms with Crippen molar-refractivity contribution < 1.29 is 0 Å². The van der Waals surface area contributed by atoms with Crippen LogP contribution in [0.1, 0.15) is 47.0 Å². The molecule has 0 heterocycles. The van der Waals surface area contributed by atoms with Gasteiger partial charge in [0.15, 0.2) is 0 Å². The molecule has 4 unspecified atom stereocenters. The van der Waals surface area contributed by atoms with E-state index >= 15 is 0 Å². The van der Waals surface area contributed by atoms with Gasteiger partial charge in [0.05, 0.1) is 0 Å². The van der Waals surface area contributed by atoms with Crippen LogP contribution in [-0.4, -0.2) is 0 Å². The Morgan fingerprint density at radius 1 is 1.31 bits per heavy atom. The molecule has 0 heteroatoms. The van der Waals surface area contributed by atoms with Gasteiger partial charge in [-0.25, -0.2) is 0 Å². The lowest BCUT2D eigenvalue weighted by molar-refractivity contribution is 0.354. The Bertz CT molecular complexity index is 169. The van der Waals surface area contributed by atoms with E-state index in [1.165, 1.54) is 19.3 Å². The molecule has 0 spiro atoms. The Morgan fingerprint density at radius 3 is 2.62 bits per heavy atom. The average Bonchev–Trinajstić information content (AvgIpc) is 2.73. The Balaban J connectivity index is 0.000000396. The lowest BCUT2D eigenvalue weighted by atomic mass is 9.89. The summed E-state index contributed by atoms with van der Waals surface area (Å²) >= 11 is 0. The van der Waals surface area contributed by atoms with Crippen LogP contribution in [0.25, 0.3) is 0 Å². The summed E-state index contributed by atoms with van der Waals surface area (Å²) in [4.78, 5) is 0. The summed E-state index contributed by atoms with van der Waals surface area (Å²) in [6.45, 7) is 8.76. The summed E-state index contributed by atoms with van der Waals surface area (Å²) in [6, 6.07) is 0. The Hall–Kier alpha value is -0.260. The molecule has 1 saturated carbocycles. The SMILES string of the molecule is CC.CCC1CC(C)C2C=CCC12. The van der Waals surface area contributed by atoms with E-state index in [0.29, 0.717) is 0 Å². The van der Waals surface area contributed by atoms with Crippen LogP contribution in [0.5, 0.6) is 0 Å². The smallest absolute Gasteiger partial charge is 0.0174 e. The van der Waals surface area contributed by atoms with Crippen LogP contribution >= 0.6 is 0 Å². The zero-order valence-electron chi connectivity index (χ0n) is 9.59. The number of hydrogen-bond donors (Lipinski definition) is 0. The molecular formula is C13H24. The predicted molar refractivity (Wildman–Crippen MR) is 59.6 cm³/mol. The topological polar surface area (TPSA) is 0 Å². The maximum atomic E-state index is 2.46. The van der Waals surface area contributed by atoms with Gasteiger partial charge in [0.25, 0.3) is 0 Å². The quantitative estimate of drug-likeness (QED) is 0.529. The van der Waals surface area contributed by atoms with E-state index in [0.717, 1.165) is 23.7 Å². The van der Waals surface area contributed by atoms with E-state index in [2.05, 4.69) is 26.0 Å². The second-order valence-corrected chi connectivity index (χ2v) is 4.29. The van der Waals surface area contributed by atoms with Gasteiger partial charge in [-0.3, -0.25) is 0 Å². The Kier molecular flexibility index (Phi) is 4.02. The van der Waals surface area contributed by atoms with E-state index in [1.54, 1.807) is 0 Å². The highest BCUT2D eigenvalue weighted by Gasteiger charge is 2.39. The minimum Gasteiger partial charge on any atom is -0.0879 e. The second kappa shape index (κ2) is 4.83. The largest absolute Gasteiger partial charge is 0.0879 e. The summed E-state index contributed by atoms with van der Waals surface area (Å²) in [7, 11) is 0. The lowest BCUT2D eigenvalue weighted by Crippen LogP contribution is -2.09. The number of allylic oxidation sites excluding steroid dienone is 2. The van der Waals surface area contributed by atoms with Crippen molar-refractivity contribution in [2.45, 2.75) is 47.0 Å². The standard InChI is InChI=1S/C11H18.C2H6/c1-3-9-7-8(2)10-5-4-6-11(9)10;1-2/h4-5,8-11H,3,6-7H2,1-2H3;1-2H3. The molecule has 0 saturated heterocycles. The van der Waals surface area contributed by atoms with Gasteiger partial charge in [-0.1, -0.05) is 46.3 Å². The van der Waals surface area contributed by atoms with Crippen molar-refractivity contribution in [3.8, 4) is 0 Å². The molecular weight excluding hydrogens is 156 g/mol. The van der Waals surface area contributed by atoms with Crippen LogP contribution in [-0.2, 0) is 0 Å². The van der Waals surface area contributed by atoms with E-state index in [4.69, 9.17) is 0 Å². The van der Waals surface area contributed by atoms with E-state index in [-0.39, 0.29) is 0 Å². The first-order valence-electron chi connectivity index (χ1n) is 5.99. The van der Waals surface area contributed by atoms with Crippen molar-refractivity contribution in [1.29, 1.82) is 0 Å². The zero-order valence-corrected chi connectivity index (χ0v) is 9.59. The summed E-state index contributed by atoms with van der Waals surface area (Å²) in [5.74, 6) is 3.96. The van der Waals surface area contributed by atoms with Gasteiger partial charge >= 0.3 is 0 Å². The van der Waals surface area contributed by atoms with Crippen LogP contribution in [0.4, 0.5) is 0 Å². The monoisotopic (exact) mass is 180 g/mol. The van der Waals surface area contributed by atoms with Crippen LogP contribution in [0, 0.1) is 23.7 Å². The van der Waals surface area contributed by atoms with Gasteiger partial charge < -0.3 is 0 Å². The highest BCUT2D eigenvalue weighted by molar-refractivity contribution is 5.08. The van der Waals surface area contributed by atoms with Gasteiger partial charge in [-0.05, 0) is 36.5 Å². The highest BCUT2D eigenvalue weighted by atomic mass is 14.4. The van der Waals surface area contributed by atoms with Crippen LogP contribution in [0.15, 0.2) is 12.2 Å². The maximum absolute atomic E-state index is 2.46. The van der Waals surface area contributed by atoms with Crippen molar-refractivity contribution in [3.05, 3.63) is 12.2 Å². The molecule has 0 aromatic carbocycles. The Labute approximate surface area is 83.4 Å². The molecule has 13 heavy (non-hydrogen) atoms. The van der Waals surface area contributed by atoms with Crippen molar-refractivity contribution in [2.24, 2.45) is 23.7 Å². The lowest BCUT2D eigenvalue weighted by Gasteiger charge is -2.16. The first-order chi connectivity index (χ1) is 6.33. The maximum Gasteiger partial charge on any atom is -0.0174 e. The minimum absolute atomic E-state index is 0.944. The van der Waals surface area contributed by atoms with Crippen molar-refractivity contribution in [2.75, 3.05) is 0 Å². The molecule has 1 fully saturated rings. The van der Waals surface area contributed by atoms with Crippen LogP contribution < -0.4 is 0 Å². The molecule has 2 rings (SSSR count). The highest BCUT2D eigenvalue weighted by Crippen LogP contribution is 2.48. The molecule has 2 aliphatic carbocycles. The zero-order chi connectivity index (χ0) is 9.84. The van der Waals surface area contributed by atoms with E-state index < -0.39 is 0 Å². The molecule has 0 radical (unpaired) electrons. The van der Waals surface area contributed by atoms with Gasteiger partial charge in [0.2, 0.25) is 0 Å². The van der Waals surface area contributed by atoms with Gasteiger partial charge in [-0.15, -0.1) is 0 Å². The first-order valence-corrected chi connectivity index (χ1v) is 5.99. The fourth-order valence-electron chi connectivity index (χ4n) is 3.09. The van der Waals surface area contributed by atoms with Crippen molar-refractivity contribution in [3.63, 3.8) is 0 Å². The van der Waals surface area contributed by atoms with Crippen molar-refractivity contribution >= 4 is 0 Å². The number of hydrogen-bond acceptors (Lipinski definition) is 0. The minimum atomic E-state index is 0.944.